The van der Waals surface area contributed by atoms with Crippen molar-refractivity contribution in [2.24, 2.45) is 0 Å². The average molecular weight is 1330 g/mol. The highest BCUT2D eigenvalue weighted by molar-refractivity contribution is 5.94. The zero-order valence-electron chi connectivity index (χ0n) is 57.3. The third-order valence-corrected chi connectivity index (χ3v) is 22.0. The van der Waals surface area contributed by atoms with Crippen LogP contribution >= 0.6 is 0 Å². The molecule has 0 N–H and O–H groups in total. The molecule has 0 heterocycles. The highest BCUT2D eigenvalue weighted by atomic mass is 19.1. The first kappa shape index (κ1) is 63.3. The molecule has 14 aromatic carbocycles. The predicted molar refractivity (Wildman–Crippen MR) is 412 cm³/mol. The molecule has 102 heavy (non-hydrogen) atoms. The van der Waals surface area contributed by atoms with Crippen LogP contribution in [0.1, 0.15) is 102 Å². The van der Waals surface area contributed by atoms with Gasteiger partial charge in [-0.3, -0.25) is 0 Å². The molecule has 0 saturated carbocycles. The molecule has 0 aliphatic heterocycles. The second-order valence-corrected chi connectivity index (χ2v) is 27.8. The first-order valence-corrected chi connectivity index (χ1v) is 34.7. The van der Waals surface area contributed by atoms with Gasteiger partial charge in [0.15, 0.2) is 0 Å². The van der Waals surface area contributed by atoms with E-state index in [1.165, 1.54) is 24.3 Å². The Balaban J connectivity index is 0.817. The fourth-order valence-corrected chi connectivity index (χ4v) is 17.4. The molecule has 0 fully saturated rings. The number of aryl methyl sites for hydroxylation is 4. The van der Waals surface area contributed by atoms with Gasteiger partial charge in [-0.25, -0.2) is 17.6 Å². The Labute approximate surface area is 593 Å². The number of fused-ring (bicyclic) bond motifs is 9. The van der Waals surface area contributed by atoms with E-state index in [-0.39, 0.29) is 0 Å². The van der Waals surface area contributed by atoms with Crippen LogP contribution in [0.15, 0.2) is 310 Å². The standard InChI is InChI=1S/C96H70F4N2/c1-8-63-30-36-66(37-31-63)95(89-48-59(3)26-28-61(89)5)87-24-16-12-20-80(87)83-46-43-74(57-92(83)95)101(76-52-68(97)50-69(98)53-76)72-40-34-65(35-41-72)78-18-10-14-22-85(78)94(7)86-23-15-11-19-79(86)82-45-42-73(56-91(82)94)102(77-54-70(99)51-71(100)55-77)75-44-47-84-81-21-13-17-25-88(81)96(93(84)58-75,67-38-32-64(9-2)33-39-67)90-49-60(4)27-29-62(90)6/h8-58H,1-2H2,3-7H3. The molecule has 2 nitrogen and oxygen atoms in total. The summed E-state index contributed by atoms with van der Waals surface area (Å²) in [5, 5.41) is 0. The molecule has 0 amide bonds. The van der Waals surface area contributed by atoms with Gasteiger partial charge in [0.1, 0.15) is 23.3 Å². The van der Waals surface area contributed by atoms with E-state index < -0.39 is 39.5 Å². The van der Waals surface area contributed by atoms with Gasteiger partial charge in [0, 0.05) is 40.3 Å². The first-order chi connectivity index (χ1) is 49.6. The molecule has 0 spiro atoms. The van der Waals surface area contributed by atoms with E-state index in [0.29, 0.717) is 22.7 Å². The third-order valence-electron chi connectivity index (χ3n) is 22.0. The lowest BCUT2D eigenvalue weighted by Gasteiger charge is -2.36. The summed E-state index contributed by atoms with van der Waals surface area (Å²) in [6.07, 6.45) is 3.72. The lowest BCUT2D eigenvalue weighted by Crippen LogP contribution is -2.30. The Morgan fingerprint density at radius 3 is 1.03 bits per heavy atom. The van der Waals surface area contributed by atoms with E-state index >= 15 is 17.6 Å². The minimum atomic E-state index is -0.799. The van der Waals surface area contributed by atoms with E-state index in [4.69, 9.17) is 0 Å². The first-order valence-electron chi connectivity index (χ1n) is 34.7. The summed E-state index contributed by atoms with van der Waals surface area (Å²) in [7, 11) is 0. The lowest BCUT2D eigenvalue weighted by atomic mass is 9.66. The number of hydrogen-bond donors (Lipinski definition) is 0. The van der Waals surface area contributed by atoms with Crippen LogP contribution in [0.3, 0.4) is 0 Å². The Morgan fingerprint density at radius 2 is 0.608 bits per heavy atom. The summed E-state index contributed by atoms with van der Waals surface area (Å²) in [6.45, 7) is 19.1. The molecule has 3 aliphatic rings. The lowest BCUT2D eigenvalue weighted by molar-refractivity contribution is 0.583. The van der Waals surface area contributed by atoms with Crippen LogP contribution in [0.5, 0.6) is 0 Å². The minimum absolute atomic E-state index is 0.325. The quantitative estimate of drug-likeness (QED) is 0.100. The Hall–Kier alpha value is -12.1. The van der Waals surface area contributed by atoms with Gasteiger partial charge in [-0.15, -0.1) is 0 Å². The minimum Gasteiger partial charge on any atom is -0.310 e. The van der Waals surface area contributed by atoms with Crippen LogP contribution in [-0.4, -0.2) is 0 Å². The van der Waals surface area contributed by atoms with Gasteiger partial charge in [-0.05, 0) is 235 Å². The van der Waals surface area contributed by atoms with Gasteiger partial charge in [0.25, 0.3) is 0 Å². The van der Waals surface area contributed by atoms with Crippen molar-refractivity contribution in [1.29, 1.82) is 0 Å². The van der Waals surface area contributed by atoms with Crippen LogP contribution in [0.25, 0.3) is 56.7 Å². The van der Waals surface area contributed by atoms with E-state index in [1.54, 1.807) is 0 Å². The second kappa shape index (κ2) is 24.4. The van der Waals surface area contributed by atoms with Gasteiger partial charge in [-0.1, -0.05) is 249 Å². The van der Waals surface area contributed by atoms with Gasteiger partial charge in [0.2, 0.25) is 0 Å². The zero-order chi connectivity index (χ0) is 69.9. The van der Waals surface area contributed by atoms with Crippen LogP contribution in [-0.2, 0) is 16.2 Å². The molecule has 0 aromatic heterocycles. The number of nitrogens with zero attached hydrogens (tertiary/aromatic N) is 2. The van der Waals surface area contributed by atoms with Crippen LogP contribution in [0.4, 0.5) is 51.7 Å². The molecule has 14 aromatic rings. The zero-order valence-corrected chi connectivity index (χ0v) is 57.3. The van der Waals surface area contributed by atoms with Crippen LogP contribution in [0.2, 0.25) is 0 Å². The fourth-order valence-electron chi connectivity index (χ4n) is 17.4. The van der Waals surface area contributed by atoms with Gasteiger partial charge in [-0.2, -0.15) is 0 Å². The van der Waals surface area contributed by atoms with Crippen molar-refractivity contribution < 1.29 is 17.6 Å². The van der Waals surface area contributed by atoms with E-state index in [1.807, 2.05) is 34.1 Å². The molecular weight excluding hydrogens is 1260 g/mol. The summed E-state index contributed by atoms with van der Waals surface area (Å²) in [5.41, 5.74) is 28.0. The largest absolute Gasteiger partial charge is 0.310 e. The number of rotatable bonds is 14. The number of hydrogen-bond acceptors (Lipinski definition) is 2. The Morgan fingerprint density at radius 1 is 0.275 bits per heavy atom. The molecule has 0 saturated heterocycles. The van der Waals surface area contributed by atoms with Crippen molar-refractivity contribution in [3.8, 4) is 44.5 Å². The SMILES string of the molecule is C=Cc1ccc(C2(c3cc(C)ccc3C)c3ccccc3-c3ccc(N(c4ccc(-c5ccccc5C5(C)c6ccccc6-c6ccc(N(c7cc(F)cc(F)c7)c7ccc8c(c7)C(c7ccc(C=C)cc7)(c7cc(C)ccc7C)c7ccccc7-8)cc65)cc4)c4cc(F)cc(F)c4)cc32)cc1. The maximum atomic E-state index is 16.1. The topological polar surface area (TPSA) is 6.48 Å². The van der Waals surface area contributed by atoms with E-state index in [0.717, 1.165) is 163 Å². The van der Waals surface area contributed by atoms with Gasteiger partial charge in [0.05, 0.1) is 22.2 Å². The molecule has 6 heteroatoms. The smallest absolute Gasteiger partial charge is 0.128 e. The highest BCUT2D eigenvalue weighted by Crippen LogP contribution is 2.62. The molecule has 3 unspecified atom stereocenters. The van der Waals surface area contributed by atoms with Gasteiger partial charge >= 0.3 is 0 Å². The van der Waals surface area contributed by atoms with Crippen molar-refractivity contribution in [3.63, 3.8) is 0 Å². The van der Waals surface area contributed by atoms with Crippen molar-refractivity contribution in [3.05, 3.63) is 428 Å². The number of benzene rings is 14. The summed E-state index contributed by atoms with van der Waals surface area (Å²) in [6, 6.07) is 100. The second-order valence-electron chi connectivity index (χ2n) is 27.8. The molecular formula is C96H70F4N2. The maximum absolute atomic E-state index is 16.1. The average Bonchev–Trinajstić information content (AvgIpc) is 1.54. The van der Waals surface area contributed by atoms with Crippen LogP contribution in [0, 0.1) is 51.0 Å². The summed E-state index contributed by atoms with van der Waals surface area (Å²) in [5.74, 6) is -2.78. The molecule has 17 rings (SSSR count). The van der Waals surface area contributed by atoms with Crippen molar-refractivity contribution in [2.45, 2.75) is 50.9 Å². The molecule has 0 bridgehead atoms. The molecule has 0 radical (unpaired) electrons. The van der Waals surface area contributed by atoms with E-state index in [2.05, 4.69) is 296 Å². The Bertz CT molecular complexity index is 5730. The molecule has 492 valence electrons. The molecule has 3 atom stereocenters. The summed E-state index contributed by atoms with van der Waals surface area (Å²) >= 11 is 0. The number of anilines is 6. The van der Waals surface area contributed by atoms with Crippen molar-refractivity contribution in [2.75, 3.05) is 9.80 Å². The predicted octanol–water partition coefficient (Wildman–Crippen LogP) is 25.4. The summed E-state index contributed by atoms with van der Waals surface area (Å²) < 4.78 is 64.1. The van der Waals surface area contributed by atoms with E-state index in [9.17, 15) is 0 Å². The monoisotopic (exact) mass is 1330 g/mol. The molecule has 3 aliphatic carbocycles. The summed E-state index contributed by atoms with van der Waals surface area (Å²) in [4.78, 5) is 3.95. The normalized spacial score (nSPS) is 16.5. The Kier molecular flexibility index (Phi) is 15.1. The van der Waals surface area contributed by atoms with Gasteiger partial charge < -0.3 is 9.80 Å². The fraction of sp³-hybridized carbons (Fsp3) is 0.0833. The van der Waals surface area contributed by atoms with Crippen LogP contribution < -0.4 is 9.80 Å². The third kappa shape index (κ3) is 9.75. The maximum Gasteiger partial charge on any atom is 0.128 e. The number of halogens is 4. The van der Waals surface area contributed by atoms with Crippen molar-refractivity contribution in [1.82, 2.24) is 0 Å². The van der Waals surface area contributed by atoms with Crippen molar-refractivity contribution >= 4 is 46.3 Å². The highest BCUT2D eigenvalue weighted by Gasteiger charge is 2.50.